The smallest absolute Gasteiger partial charge is 0.259 e. The fourth-order valence-corrected chi connectivity index (χ4v) is 3.50. The number of aromatic nitrogens is 4. The number of nitrogens with one attached hydrogen (secondary N) is 2. The lowest BCUT2D eigenvalue weighted by molar-refractivity contribution is 0.102. The van der Waals surface area contributed by atoms with Crippen LogP contribution in [0.15, 0.2) is 54.6 Å². The van der Waals surface area contributed by atoms with Crippen molar-refractivity contribution >= 4 is 23.1 Å². The quantitative estimate of drug-likeness (QED) is 0.417. The standard InChI is InChI=1S/C25H26N6O3/c1-15-16(2)30-31(17(15)3)23-14-13-22(28-29-23)26-18-9-11-19(12-10-18)27-25(32)20-7-6-8-21(33-4)24(20)34-5/h6-14H,1-5H3,(H,26,28)(H,27,32). The average Bonchev–Trinajstić information content (AvgIpc) is 3.12. The van der Waals surface area contributed by atoms with Gasteiger partial charge in [0.2, 0.25) is 0 Å². The van der Waals surface area contributed by atoms with Gasteiger partial charge in [0, 0.05) is 17.1 Å². The maximum Gasteiger partial charge on any atom is 0.259 e. The number of carbonyl (C=O) groups is 1. The molecule has 0 bridgehead atoms. The SMILES string of the molecule is COc1cccc(C(=O)Nc2ccc(Nc3ccc(-n4nc(C)c(C)c4C)nn3)cc2)c1OC. The van der Waals surface area contributed by atoms with Gasteiger partial charge in [-0.05, 0) is 74.9 Å². The number of benzene rings is 2. The summed E-state index contributed by atoms with van der Waals surface area (Å²) in [5, 5.41) is 19.1. The Morgan fingerprint density at radius 1 is 0.882 bits per heavy atom. The van der Waals surface area contributed by atoms with Crippen molar-refractivity contribution in [3.05, 3.63) is 77.1 Å². The minimum Gasteiger partial charge on any atom is -0.493 e. The lowest BCUT2D eigenvalue weighted by atomic mass is 10.1. The van der Waals surface area contributed by atoms with Gasteiger partial charge in [0.25, 0.3) is 5.91 Å². The molecule has 0 aliphatic heterocycles. The van der Waals surface area contributed by atoms with Crippen molar-refractivity contribution in [3.63, 3.8) is 0 Å². The van der Waals surface area contributed by atoms with Crippen LogP contribution in [0.4, 0.5) is 17.2 Å². The zero-order valence-corrected chi connectivity index (χ0v) is 19.7. The van der Waals surface area contributed by atoms with Crippen LogP contribution >= 0.6 is 0 Å². The van der Waals surface area contributed by atoms with Crippen molar-refractivity contribution in [3.8, 4) is 17.3 Å². The van der Waals surface area contributed by atoms with Crippen LogP contribution in [0.25, 0.3) is 5.82 Å². The van der Waals surface area contributed by atoms with E-state index >= 15 is 0 Å². The summed E-state index contributed by atoms with van der Waals surface area (Å²) in [5.41, 5.74) is 4.98. The summed E-state index contributed by atoms with van der Waals surface area (Å²) >= 11 is 0. The Bertz CT molecular complexity index is 1310. The molecular formula is C25H26N6O3. The lowest BCUT2D eigenvalue weighted by Crippen LogP contribution is -2.13. The van der Waals surface area contributed by atoms with Crippen molar-refractivity contribution in [1.29, 1.82) is 0 Å². The van der Waals surface area contributed by atoms with Crippen LogP contribution in [-0.4, -0.2) is 40.1 Å². The van der Waals surface area contributed by atoms with E-state index in [9.17, 15) is 4.79 Å². The summed E-state index contributed by atoms with van der Waals surface area (Å²) in [4.78, 5) is 12.7. The van der Waals surface area contributed by atoms with E-state index in [0.717, 1.165) is 22.6 Å². The van der Waals surface area contributed by atoms with E-state index in [1.807, 2.05) is 45.0 Å². The molecule has 174 valence electrons. The molecule has 2 heterocycles. The van der Waals surface area contributed by atoms with Crippen molar-refractivity contribution in [2.45, 2.75) is 20.8 Å². The molecule has 4 aromatic rings. The van der Waals surface area contributed by atoms with Gasteiger partial charge in [0.1, 0.15) is 0 Å². The first kappa shape index (κ1) is 22.8. The number of carbonyl (C=O) groups excluding carboxylic acids is 1. The van der Waals surface area contributed by atoms with Crippen LogP contribution in [0.3, 0.4) is 0 Å². The molecule has 1 amide bonds. The van der Waals surface area contributed by atoms with Gasteiger partial charge in [-0.25, -0.2) is 4.68 Å². The Hall–Kier alpha value is -4.40. The normalized spacial score (nSPS) is 10.6. The van der Waals surface area contributed by atoms with Crippen LogP contribution in [0.2, 0.25) is 0 Å². The molecule has 0 saturated heterocycles. The number of methoxy groups -OCH3 is 2. The van der Waals surface area contributed by atoms with Gasteiger partial charge in [0.05, 0.1) is 25.5 Å². The molecule has 9 heteroatoms. The fraction of sp³-hybridized carbons (Fsp3) is 0.200. The number of para-hydroxylation sites is 1. The molecular weight excluding hydrogens is 432 g/mol. The van der Waals surface area contributed by atoms with Crippen molar-refractivity contribution in [1.82, 2.24) is 20.0 Å². The molecule has 0 radical (unpaired) electrons. The Morgan fingerprint density at radius 2 is 1.62 bits per heavy atom. The summed E-state index contributed by atoms with van der Waals surface area (Å²) in [7, 11) is 3.03. The molecule has 34 heavy (non-hydrogen) atoms. The number of aryl methyl sites for hydroxylation is 1. The number of rotatable bonds is 7. The van der Waals surface area contributed by atoms with Crippen molar-refractivity contribution in [2.24, 2.45) is 0 Å². The Balaban J connectivity index is 1.43. The minimum absolute atomic E-state index is 0.294. The van der Waals surface area contributed by atoms with E-state index in [2.05, 4.69) is 25.9 Å². The molecule has 2 aromatic heterocycles. The van der Waals surface area contributed by atoms with Crippen LogP contribution in [0.1, 0.15) is 27.3 Å². The molecule has 0 unspecified atom stereocenters. The highest BCUT2D eigenvalue weighted by Gasteiger charge is 2.16. The Labute approximate surface area is 197 Å². The molecule has 0 aliphatic carbocycles. The average molecular weight is 459 g/mol. The predicted octanol–water partition coefficient (Wildman–Crippen LogP) is 4.60. The van der Waals surface area contributed by atoms with E-state index in [1.54, 1.807) is 35.0 Å². The third-order valence-corrected chi connectivity index (χ3v) is 5.58. The van der Waals surface area contributed by atoms with Gasteiger partial charge < -0.3 is 20.1 Å². The predicted molar refractivity (Wildman–Crippen MR) is 131 cm³/mol. The molecule has 2 N–H and O–H groups in total. The molecule has 0 saturated carbocycles. The van der Waals surface area contributed by atoms with Gasteiger partial charge in [-0.2, -0.15) is 5.10 Å². The maximum absolute atomic E-state index is 12.7. The molecule has 2 aromatic carbocycles. The van der Waals surface area contributed by atoms with E-state index in [-0.39, 0.29) is 5.91 Å². The van der Waals surface area contributed by atoms with E-state index in [0.29, 0.717) is 34.4 Å². The largest absolute Gasteiger partial charge is 0.493 e. The van der Waals surface area contributed by atoms with Gasteiger partial charge in [-0.3, -0.25) is 4.79 Å². The van der Waals surface area contributed by atoms with Crippen LogP contribution in [0.5, 0.6) is 11.5 Å². The van der Waals surface area contributed by atoms with E-state index < -0.39 is 0 Å². The third-order valence-electron chi connectivity index (χ3n) is 5.58. The Kier molecular flexibility index (Phi) is 6.44. The summed E-state index contributed by atoms with van der Waals surface area (Å²) in [6, 6.07) is 16.2. The second-order valence-corrected chi connectivity index (χ2v) is 7.68. The molecule has 0 aliphatic rings. The first-order chi connectivity index (χ1) is 16.4. The monoisotopic (exact) mass is 458 g/mol. The van der Waals surface area contributed by atoms with E-state index in [1.165, 1.54) is 14.2 Å². The number of nitrogens with zero attached hydrogens (tertiary/aromatic N) is 4. The fourth-order valence-electron chi connectivity index (χ4n) is 3.50. The number of amides is 1. The van der Waals surface area contributed by atoms with Crippen LogP contribution < -0.4 is 20.1 Å². The number of hydrogen-bond donors (Lipinski definition) is 2. The molecule has 0 atom stereocenters. The third kappa shape index (κ3) is 4.54. The summed E-state index contributed by atoms with van der Waals surface area (Å²) < 4.78 is 12.4. The topological polar surface area (TPSA) is 103 Å². The van der Waals surface area contributed by atoms with Crippen LogP contribution in [0, 0.1) is 20.8 Å². The van der Waals surface area contributed by atoms with Gasteiger partial charge in [0.15, 0.2) is 23.1 Å². The second-order valence-electron chi connectivity index (χ2n) is 7.68. The highest BCUT2D eigenvalue weighted by Crippen LogP contribution is 2.31. The number of hydrogen-bond acceptors (Lipinski definition) is 7. The highest BCUT2D eigenvalue weighted by molar-refractivity contribution is 6.06. The van der Waals surface area contributed by atoms with Crippen molar-refractivity contribution in [2.75, 3.05) is 24.9 Å². The molecule has 0 spiro atoms. The number of ether oxygens (including phenoxy) is 2. The first-order valence-electron chi connectivity index (χ1n) is 10.7. The second kappa shape index (κ2) is 9.62. The van der Waals surface area contributed by atoms with E-state index in [4.69, 9.17) is 9.47 Å². The number of anilines is 3. The van der Waals surface area contributed by atoms with Crippen molar-refractivity contribution < 1.29 is 14.3 Å². The summed E-state index contributed by atoms with van der Waals surface area (Å²) in [5.74, 6) is 1.84. The zero-order chi connectivity index (χ0) is 24.2. The van der Waals surface area contributed by atoms with Gasteiger partial charge >= 0.3 is 0 Å². The highest BCUT2D eigenvalue weighted by atomic mass is 16.5. The zero-order valence-electron chi connectivity index (χ0n) is 19.7. The summed E-state index contributed by atoms with van der Waals surface area (Å²) in [6.45, 7) is 6.02. The minimum atomic E-state index is -0.294. The summed E-state index contributed by atoms with van der Waals surface area (Å²) in [6.07, 6.45) is 0. The van der Waals surface area contributed by atoms with Crippen LogP contribution in [-0.2, 0) is 0 Å². The van der Waals surface area contributed by atoms with Gasteiger partial charge in [-0.15, -0.1) is 10.2 Å². The lowest BCUT2D eigenvalue weighted by Gasteiger charge is -2.13. The Morgan fingerprint density at radius 3 is 2.21 bits per heavy atom. The molecule has 9 nitrogen and oxygen atoms in total. The molecule has 0 fully saturated rings. The maximum atomic E-state index is 12.7. The first-order valence-corrected chi connectivity index (χ1v) is 10.7. The molecule has 4 rings (SSSR count). The van der Waals surface area contributed by atoms with Gasteiger partial charge in [-0.1, -0.05) is 6.07 Å².